The van der Waals surface area contributed by atoms with Gasteiger partial charge in [0.2, 0.25) is 21.8 Å². The quantitative estimate of drug-likeness (QED) is 0.680. The van der Waals surface area contributed by atoms with E-state index in [9.17, 15) is 18.0 Å². The van der Waals surface area contributed by atoms with Gasteiger partial charge in [-0.05, 0) is 25.5 Å². The number of carbonyl (C=O) groups is 2. The van der Waals surface area contributed by atoms with Gasteiger partial charge in [-0.1, -0.05) is 48.0 Å². The molecule has 32 heavy (non-hydrogen) atoms. The topological polar surface area (TPSA) is 96.0 Å². The Kier molecular flexibility index (Phi) is 6.90. The average molecular weight is 460 g/mol. The molecule has 0 unspecified atom stereocenters. The van der Waals surface area contributed by atoms with E-state index in [1.54, 1.807) is 13.0 Å². The monoisotopic (exact) mass is 459 g/mol. The van der Waals surface area contributed by atoms with Crippen molar-refractivity contribution < 1.29 is 22.7 Å². The highest BCUT2D eigenvalue weighted by Gasteiger charge is 2.49. The molecule has 0 aliphatic carbocycles. The Morgan fingerprint density at radius 2 is 1.81 bits per heavy atom. The number of methoxy groups -OCH3 is 1. The van der Waals surface area contributed by atoms with Crippen LogP contribution >= 0.6 is 0 Å². The third-order valence-corrected chi connectivity index (χ3v) is 6.94. The molecule has 2 aromatic carbocycles. The molecule has 0 saturated carbocycles. The molecule has 1 N–H and O–H groups in total. The number of benzene rings is 2. The van der Waals surface area contributed by atoms with Crippen LogP contribution in [-0.4, -0.2) is 61.4 Å². The molecule has 3 rings (SSSR count). The molecule has 0 spiro atoms. The molecule has 8 nitrogen and oxygen atoms in total. The first-order valence-corrected chi connectivity index (χ1v) is 12.1. The molecule has 1 fully saturated rings. The number of piperazine rings is 1. The van der Waals surface area contributed by atoms with Gasteiger partial charge in [-0.2, -0.15) is 4.31 Å². The van der Waals surface area contributed by atoms with Gasteiger partial charge < -0.3 is 15.0 Å². The first-order chi connectivity index (χ1) is 15.0. The van der Waals surface area contributed by atoms with Crippen molar-refractivity contribution in [2.24, 2.45) is 0 Å². The van der Waals surface area contributed by atoms with E-state index in [1.165, 1.54) is 12.0 Å². The van der Waals surface area contributed by atoms with Gasteiger partial charge in [-0.15, -0.1) is 0 Å². The number of carbonyl (C=O) groups excluding carboxylic acids is 2. The molecule has 0 radical (unpaired) electrons. The molecule has 172 valence electrons. The third-order valence-electron chi connectivity index (χ3n) is 5.75. The predicted octanol–water partition coefficient (Wildman–Crippen LogP) is 1.68. The normalized spacial score (nSPS) is 19.6. The van der Waals surface area contributed by atoms with Crippen LogP contribution in [0.1, 0.15) is 23.6 Å². The molecule has 1 atom stereocenters. The zero-order valence-corrected chi connectivity index (χ0v) is 19.6. The summed E-state index contributed by atoms with van der Waals surface area (Å²) in [5.41, 5.74) is 1.35. The van der Waals surface area contributed by atoms with Crippen LogP contribution in [0.15, 0.2) is 48.5 Å². The minimum Gasteiger partial charge on any atom is -0.496 e. The number of hydrogen-bond donors (Lipinski definition) is 1. The van der Waals surface area contributed by atoms with E-state index in [2.05, 4.69) is 5.32 Å². The number of amides is 2. The first-order valence-electron chi connectivity index (χ1n) is 10.3. The maximum absolute atomic E-state index is 13.4. The second-order valence-electron chi connectivity index (χ2n) is 8.26. The summed E-state index contributed by atoms with van der Waals surface area (Å²) in [7, 11) is -2.13. The van der Waals surface area contributed by atoms with Gasteiger partial charge in [-0.3, -0.25) is 9.59 Å². The molecule has 2 aromatic rings. The zero-order chi connectivity index (χ0) is 23.5. The van der Waals surface area contributed by atoms with Crippen LogP contribution in [-0.2, 0) is 32.7 Å². The number of nitrogens with zero attached hydrogens (tertiary/aromatic N) is 2. The van der Waals surface area contributed by atoms with Crippen LogP contribution in [0.4, 0.5) is 0 Å². The van der Waals surface area contributed by atoms with E-state index in [0.29, 0.717) is 5.75 Å². The van der Waals surface area contributed by atoms with E-state index in [-0.39, 0.29) is 26.2 Å². The van der Waals surface area contributed by atoms with Gasteiger partial charge in [0, 0.05) is 18.7 Å². The number of rotatable bonds is 7. The lowest BCUT2D eigenvalue weighted by Gasteiger charge is -2.46. The number of ether oxygens (including phenoxy) is 1. The van der Waals surface area contributed by atoms with Gasteiger partial charge in [0.1, 0.15) is 11.3 Å². The van der Waals surface area contributed by atoms with Crippen molar-refractivity contribution in [2.75, 3.05) is 26.5 Å². The Morgan fingerprint density at radius 3 is 2.44 bits per heavy atom. The van der Waals surface area contributed by atoms with Crippen LogP contribution in [0, 0.1) is 6.92 Å². The van der Waals surface area contributed by atoms with Crippen molar-refractivity contribution in [3.63, 3.8) is 0 Å². The van der Waals surface area contributed by atoms with E-state index >= 15 is 0 Å². The average Bonchev–Trinajstić information content (AvgIpc) is 2.75. The Hall–Kier alpha value is -2.91. The van der Waals surface area contributed by atoms with Crippen LogP contribution in [0.2, 0.25) is 0 Å². The van der Waals surface area contributed by atoms with Crippen molar-refractivity contribution in [3.05, 3.63) is 65.2 Å². The summed E-state index contributed by atoms with van der Waals surface area (Å²) in [6.07, 6.45) is 1.04. The van der Waals surface area contributed by atoms with Crippen molar-refractivity contribution in [3.8, 4) is 5.75 Å². The predicted molar refractivity (Wildman–Crippen MR) is 121 cm³/mol. The maximum atomic E-state index is 13.4. The number of sulfonamides is 1. The molecule has 0 aromatic heterocycles. The van der Waals surface area contributed by atoms with Gasteiger partial charge >= 0.3 is 0 Å². The number of hydrogen-bond acceptors (Lipinski definition) is 5. The lowest BCUT2D eigenvalue weighted by atomic mass is 9.94. The summed E-state index contributed by atoms with van der Waals surface area (Å²) in [5, 5.41) is 2.88. The SMILES string of the molecule is COc1ccccc1CN1C(=O)CN(S(C)(=O)=O)C[C@@]1(C)C(=O)NCc1ccc(C)cc1. The fraction of sp³-hybridized carbons (Fsp3) is 0.391. The van der Waals surface area contributed by atoms with Gasteiger partial charge in [-0.25, -0.2) is 8.42 Å². The minimum atomic E-state index is -3.66. The van der Waals surface area contributed by atoms with E-state index in [0.717, 1.165) is 27.3 Å². The summed E-state index contributed by atoms with van der Waals surface area (Å²) in [5.74, 6) is -0.275. The van der Waals surface area contributed by atoms with Gasteiger partial charge in [0.05, 0.1) is 26.5 Å². The highest BCUT2D eigenvalue weighted by Crippen LogP contribution is 2.29. The minimum absolute atomic E-state index is 0.120. The molecule has 1 heterocycles. The lowest BCUT2D eigenvalue weighted by molar-refractivity contribution is -0.153. The fourth-order valence-electron chi connectivity index (χ4n) is 3.77. The molecular formula is C23H29N3O5S. The molecule has 9 heteroatoms. The van der Waals surface area contributed by atoms with E-state index in [4.69, 9.17) is 4.74 Å². The van der Waals surface area contributed by atoms with Gasteiger partial charge in [0.15, 0.2) is 0 Å². The molecule has 1 aliphatic heterocycles. The maximum Gasteiger partial charge on any atom is 0.247 e. The summed E-state index contributed by atoms with van der Waals surface area (Å²) < 4.78 is 30.9. The number of aryl methyl sites for hydroxylation is 1. The van der Waals surface area contributed by atoms with Crippen LogP contribution in [0.25, 0.3) is 0 Å². The smallest absolute Gasteiger partial charge is 0.247 e. The number of nitrogens with one attached hydrogen (secondary N) is 1. The summed E-state index contributed by atoms with van der Waals surface area (Å²) >= 11 is 0. The molecule has 0 bridgehead atoms. The van der Waals surface area contributed by atoms with Crippen LogP contribution in [0.5, 0.6) is 5.75 Å². The standard InChI is InChI=1S/C23H29N3O5S/c1-17-9-11-18(12-10-17)13-24-22(28)23(2)16-25(32(4,29)30)15-21(27)26(23)14-19-7-5-6-8-20(19)31-3/h5-12H,13-16H2,1-4H3,(H,24,28)/t23-/m0/s1. The number of para-hydroxylation sites is 1. The fourth-order valence-corrected chi connectivity index (χ4v) is 4.60. The van der Waals surface area contributed by atoms with E-state index < -0.39 is 27.4 Å². The Bertz CT molecular complexity index is 1100. The summed E-state index contributed by atoms with van der Waals surface area (Å²) in [6, 6.07) is 15.0. The lowest BCUT2D eigenvalue weighted by Crippen LogP contribution is -2.69. The van der Waals surface area contributed by atoms with Crippen LogP contribution < -0.4 is 10.1 Å². The van der Waals surface area contributed by atoms with E-state index in [1.807, 2.05) is 49.4 Å². The summed E-state index contributed by atoms with van der Waals surface area (Å²) in [6.45, 7) is 3.52. The highest BCUT2D eigenvalue weighted by atomic mass is 32.2. The second kappa shape index (κ2) is 9.30. The van der Waals surface area contributed by atoms with Crippen molar-refractivity contribution in [2.45, 2.75) is 32.5 Å². The Labute approximate surface area is 189 Å². The third kappa shape index (κ3) is 5.11. The van der Waals surface area contributed by atoms with Crippen LogP contribution in [0.3, 0.4) is 0 Å². The molecule has 1 aliphatic rings. The summed E-state index contributed by atoms with van der Waals surface area (Å²) in [4.78, 5) is 27.9. The molecule has 1 saturated heterocycles. The first kappa shape index (κ1) is 23.7. The van der Waals surface area contributed by atoms with Crippen molar-refractivity contribution in [1.82, 2.24) is 14.5 Å². The Morgan fingerprint density at radius 1 is 1.16 bits per heavy atom. The Balaban J connectivity index is 1.91. The van der Waals surface area contributed by atoms with Crippen molar-refractivity contribution in [1.29, 1.82) is 0 Å². The molecule has 2 amide bonds. The largest absolute Gasteiger partial charge is 0.496 e. The van der Waals surface area contributed by atoms with Crippen molar-refractivity contribution >= 4 is 21.8 Å². The highest BCUT2D eigenvalue weighted by molar-refractivity contribution is 7.88. The second-order valence-corrected chi connectivity index (χ2v) is 10.2. The molecular weight excluding hydrogens is 430 g/mol. The van der Waals surface area contributed by atoms with Gasteiger partial charge in [0.25, 0.3) is 0 Å². The zero-order valence-electron chi connectivity index (χ0n) is 18.8.